The van der Waals surface area contributed by atoms with Crippen LogP contribution in [0.25, 0.3) is 11.6 Å². The highest BCUT2D eigenvalue weighted by atomic mass is 16.4. The Hall–Kier alpha value is -2.69. The maximum atomic E-state index is 5.86. The van der Waals surface area contributed by atoms with Crippen molar-refractivity contribution in [1.82, 2.24) is 15.0 Å². The Morgan fingerprint density at radius 2 is 2.10 bits per heavy atom. The molecule has 0 saturated heterocycles. The minimum Gasteiger partial charge on any atom is -0.439 e. The third-order valence-electron chi connectivity index (χ3n) is 3.62. The minimum atomic E-state index is 0.605. The number of aromatic nitrogens is 3. The average Bonchev–Trinajstić information content (AvgIpc) is 2.99. The fourth-order valence-corrected chi connectivity index (χ4v) is 2.56. The molecule has 4 rings (SSSR count). The number of hydrogen-bond acceptors (Lipinski definition) is 5. The molecule has 1 aliphatic heterocycles. The summed E-state index contributed by atoms with van der Waals surface area (Å²) in [5.41, 5.74) is 2.89. The number of nitrogens with zero attached hydrogens (tertiary/aromatic N) is 4. The first kappa shape index (κ1) is 12.1. The molecule has 0 aromatic carbocycles. The summed E-state index contributed by atoms with van der Waals surface area (Å²) in [5, 5.41) is 0. The monoisotopic (exact) mass is 278 g/mol. The van der Waals surface area contributed by atoms with Crippen molar-refractivity contribution in [3.63, 3.8) is 0 Å². The summed E-state index contributed by atoms with van der Waals surface area (Å²) in [7, 11) is 0. The zero-order chi connectivity index (χ0) is 14.1. The molecule has 4 heterocycles. The molecule has 0 spiro atoms. The van der Waals surface area contributed by atoms with Gasteiger partial charge in [-0.1, -0.05) is 6.07 Å². The lowest BCUT2D eigenvalue weighted by molar-refractivity contribution is 0.498. The van der Waals surface area contributed by atoms with Crippen molar-refractivity contribution < 1.29 is 4.42 Å². The van der Waals surface area contributed by atoms with E-state index in [1.54, 1.807) is 12.4 Å². The van der Waals surface area contributed by atoms with Gasteiger partial charge in [0.2, 0.25) is 5.89 Å². The fraction of sp³-hybridized carbons (Fsp3) is 0.188. The summed E-state index contributed by atoms with van der Waals surface area (Å²) in [6, 6.07) is 9.75. The third kappa shape index (κ3) is 2.27. The standard InChI is InChI=1S/C16H14N4O/c1-2-8-18-13(5-1)16-19-14-11-20(9-6-15(14)21-16)12-4-3-7-17-10-12/h1-5,7-8,10H,6,9,11H2. The minimum absolute atomic E-state index is 0.605. The summed E-state index contributed by atoms with van der Waals surface area (Å²) >= 11 is 0. The molecule has 0 atom stereocenters. The number of fused-ring (bicyclic) bond motifs is 1. The molecular weight excluding hydrogens is 264 g/mol. The van der Waals surface area contributed by atoms with Crippen LogP contribution < -0.4 is 4.90 Å². The van der Waals surface area contributed by atoms with Crippen LogP contribution >= 0.6 is 0 Å². The highest BCUT2D eigenvalue weighted by molar-refractivity contribution is 5.50. The van der Waals surface area contributed by atoms with E-state index >= 15 is 0 Å². The van der Waals surface area contributed by atoms with Crippen LogP contribution in [0.2, 0.25) is 0 Å². The molecule has 0 unspecified atom stereocenters. The molecule has 0 saturated carbocycles. The molecule has 104 valence electrons. The highest BCUT2D eigenvalue weighted by Crippen LogP contribution is 2.27. The van der Waals surface area contributed by atoms with Gasteiger partial charge in [0.15, 0.2) is 0 Å². The predicted molar refractivity (Wildman–Crippen MR) is 78.7 cm³/mol. The molecule has 3 aromatic heterocycles. The van der Waals surface area contributed by atoms with Gasteiger partial charge in [-0.15, -0.1) is 0 Å². The molecule has 3 aromatic rings. The highest BCUT2D eigenvalue weighted by Gasteiger charge is 2.23. The van der Waals surface area contributed by atoms with Gasteiger partial charge in [-0.05, 0) is 24.3 Å². The van der Waals surface area contributed by atoms with Crippen LogP contribution in [0.15, 0.2) is 53.3 Å². The van der Waals surface area contributed by atoms with Crippen molar-refractivity contribution >= 4 is 5.69 Å². The Labute approximate surface area is 122 Å². The lowest BCUT2D eigenvalue weighted by atomic mass is 10.1. The summed E-state index contributed by atoms with van der Waals surface area (Å²) in [6.07, 6.45) is 6.27. The van der Waals surface area contributed by atoms with Gasteiger partial charge < -0.3 is 9.32 Å². The molecule has 0 bridgehead atoms. The molecule has 0 N–H and O–H groups in total. The van der Waals surface area contributed by atoms with Crippen LogP contribution in [-0.2, 0) is 13.0 Å². The molecule has 0 aliphatic carbocycles. The number of anilines is 1. The predicted octanol–water partition coefficient (Wildman–Crippen LogP) is 2.69. The van der Waals surface area contributed by atoms with Crippen molar-refractivity contribution in [3.05, 3.63) is 60.4 Å². The number of pyridine rings is 2. The van der Waals surface area contributed by atoms with E-state index in [0.717, 1.165) is 42.3 Å². The van der Waals surface area contributed by atoms with Crippen molar-refractivity contribution in [2.24, 2.45) is 0 Å². The van der Waals surface area contributed by atoms with E-state index in [2.05, 4.69) is 25.9 Å². The van der Waals surface area contributed by atoms with E-state index in [1.807, 2.05) is 30.5 Å². The molecule has 0 radical (unpaired) electrons. The van der Waals surface area contributed by atoms with E-state index in [4.69, 9.17) is 4.42 Å². The van der Waals surface area contributed by atoms with Gasteiger partial charge in [0.1, 0.15) is 17.1 Å². The van der Waals surface area contributed by atoms with Crippen LogP contribution in [0.3, 0.4) is 0 Å². The van der Waals surface area contributed by atoms with Crippen LogP contribution in [0.1, 0.15) is 11.5 Å². The van der Waals surface area contributed by atoms with Gasteiger partial charge in [0.25, 0.3) is 0 Å². The first-order valence-corrected chi connectivity index (χ1v) is 6.95. The van der Waals surface area contributed by atoms with Crippen molar-refractivity contribution in [2.75, 3.05) is 11.4 Å². The van der Waals surface area contributed by atoms with Gasteiger partial charge in [-0.3, -0.25) is 9.97 Å². The van der Waals surface area contributed by atoms with E-state index < -0.39 is 0 Å². The van der Waals surface area contributed by atoms with Crippen LogP contribution in [0.5, 0.6) is 0 Å². The molecule has 0 fully saturated rings. The second-order valence-corrected chi connectivity index (χ2v) is 4.99. The lowest BCUT2D eigenvalue weighted by Crippen LogP contribution is -2.30. The Balaban J connectivity index is 1.63. The van der Waals surface area contributed by atoms with Crippen molar-refractivity contribution in [3.8, 4) is 11.6 Å². The smallest absolute Gasteiger partial charge is 0.245 e. The van der Waals surface area contributed by atoms with E-state index in [-0.39, 0.29) is 0 Å². The first-order valence-electron chi connectivity index (χ1n) is 6.95. The van der Waals surface area contributed by atoms with Gasteiger partial charge >= 0.3 is 0 Å². The normalized spacial score (nSPS) is 14.0. The Kier molecular flexibility index (Phi) is 2.88. The molecule has 0 amide bonds. The van der Waals surface area contributed by atoms with Crippen LogP contribution in [0, 0.1) is 0 Å². The van der Waals surface area contributed by atoms with Gasteiger partial charge in [0.05, 0.1) is 18.4 Å². The van der Waals surface area contributed by atoms with Crippen LogP contribution in [-0.4, -0.2) is 21.5 Å². The lowest BCUT2D eigenvalue weighted by Gasteiger charge is -2.26. The maximum absolute atomic E-state index is 5.86. The number of hydrogen-bond donors (Lipinski definition) is 0. The van der Waals surface area contributed by atoms with Gasteiger partial charge in [-0.25, -0.2) is 4.98 Å². The van der Waals surface area contributed by atoms with Gasteiger partial charge in [-0.2, -0.15) is 0 Å². The second kappa shape index (κ2) is 5.01. The third-order valence-corrected chi connectivity index (χ3v) is 3.62. The zero-order valence-electron chi connectivity index (χ0n) is 11.4. The summed E-state index contributed by atoms with van der Waals surface area (Å²) in [4.78, 5) is 15.3. The topological polar surface area (TPSA) is 55.1 Å². The average molecular weight is 278 g/mol. The number of oxazole rings is 1. The second-order valence-electron chi connectivity index (χ2n) is 4.99. The summed E-state index contributed by atoms with van der Waals surface area (Å²) in [6.45, 7) is 1.66. The van der Waals surface area contributed by atoms with Crippen LogP contribution in [0.4, 0.5) is 5.69 Å². The summed E-state index contributed by atoms with van der Waals surface area (Å²) in [5.74, 6) is 1.57. The SMILES string of the molecule is c1ccc(-c2nc3c(o2)CCN(c2cccnc2)C3)nc1. The fourth-order valence-electron chi connectivity index (χ4n) is 2.56. The Bertz CT molecular complexity index is 739. The zero-order valence-corrected chi connectivity index (χ0v) is 11.4. The first-order chi connectivity index (χ1) is 10.4. The molecular formula is C16H14N4O. The van der Waals surface area contributed by atoms with E-state index in [9.17, 15) is 0 Å². The molecule has 5 heteroatoms. The molecule has 5 nitrogen and oxygen atoms in total. The summed E-state index contributed by atoms with van der Waals surface area (Å²) < 4.78 is 5.86. The van der Waals surface area contributed by atoms with Gasteiger partial charge in [0, 0.05) is 25.4 Å². The molecule has 21 heavy (non-hydrogen) atoms. The quantitative estimate of drug-likeness (QED) is 0.721. The number of rotatable bonds is 2. The van der Waals surface area contributed by atoms with Crippen molar-refractivity contribution in [1.29, 1.82) is 0 Å². The maximum Gasteiger partial charge on any atom is 0.245 e. The molecule has 1 aliphatic rings. The Morgan fingerprint density at radius 3 is 2.90 bits per heavy atom. The van der Waals surface area contributed by atoms with Crippen molar-refractivity contribution in [2.45, 2.75) is 13.0 Å². The van der Waals surface area contributed by atoms with E-state index in [0.29, 0.717) is 5.89 Å². The largest absolute Gasteiger partial charge is 0.439 e. The Morgan fingerprint density at radius 1 is 1.10 bits per heavy atom. The van der Waals surface area contributed by atoms with E-state index in [1.165, 1.54) is 0 Å².